The largest absolute Gasteiger partial charge is 0.397 e. The first kappa shape index (κ1) is 10.8. The lowest BCUT2D eigenvalue weighted by atomic mass is 10.2. The van der Waals surface area contributed by atoms with E-state index in [0.29, 0.717) is 17.9 Å². The van der Waals surface area contributed by atoms with Crippen molar-refractivity contribution in [3.05, 3.63) is 40.9 Å². The van der Waals surface area contributed by atoms with Crippen LogP contribution in [0.1, 0.15) is 5.56 Å². The Morgan fingerprint density at radius 3 is 3.00 bits per heavy atom. The Labute approximate surface area is 96.6 Å². The molecule has 0 saturated carbocycles. The summed E-state index contributed by atoms with van der Waals surface area (Å²) in [5.74, 6) is -0.495. The van der Waals surface area contributed by atoms with Crippen LogP contribution in [-0.2, 0) is 6.54 Å². The summed E-state index contributed by atoms with van der Waals surface area (Å²) in [6.07, 6.45) is 3.42. The van der Waals surface area contributed by atoms with E-state index in [2.05, 4.69) is 15.5 Å². The molecule has 0 bridgehead atoms. The van der Waals surface area contributed by atoms with Crippen LogP contribution < -0.4 is 11.1 Å². The predicted molar refractivity (Wildman–Crippen MR) is 61.7 cm³/mol. The standard InChI is InChI=1S/C10H10ClFN4/c11-7-1-9(13)10(2-8(7)12)14-3-6-4-15-16-5-6/h1-2,4-5,14H,3,13H2,(H,15,16). The van der Waals surface area contributed by atoms with Gasteiger partial charge in [-0.3, -0.25) is 5.10 Å². The molecule has 0 spiro atoms. The van der Waals surface area contributed by atoms with Gasteiger partial charge in [0.25, 0.3) is 0 Å². The van der Waals surface area contributed by atoms with Crippen molar-refractivity contribution in [2.75, 3.05) is 11.1 Å². The second kappa shape index (κ2) is 4.40. The molecule has 1 aromatic heterocycles. The summed E-state index contributed by atoms with van der Waals surface area (Å²) in [4.78, 5) is 0. The fraction of sp³-hybridized carbons (Fsp3) is 0.100. The van der Waals surface area contributed by atoms with Crippen molar-refractivity contribution in [2.45, 2.75) is 6.54 Å². The van der Waals surface area contributed by atoms with Crippen molar-refractivity contribution < 1.29 is 4.39 Å². The average Bonchev–Trinajstić information content (AvgIpc) is 2.74. The molecule has 0 aliphatic rings. The third kappa shape index (κ3) is 2.25. The number of rotatable bonds is 3. The lowest BCUT2D eigenvalue weighted by Gasteiger charge is -2.09. The first-order valence-electron chi connectivity index (χ1n) is 4.63. The SMILES string of the molecule is Nc1cc(Cl)c(F)cc1NCc1cn[nH]c1. The summed E-state index contributed by atoms with van der Waals surface area (Å²) in [6, 6.07) is 2.66. The molecular formula is C10H10ClFN4. The number of nitrogens with zero attached hydrogens (tertiary/aromatic N) is 1. The maximum atomic E-state index is 13.2. The van der Waals surface area contributed by atoms with Crippen molar-refractivity contribution in [1.82, 2.24) is 10.2 Å². The minimum atomic E-state index is -0.495. The van der Waals surface area contributed by atoms with Gasteiger partial charge in [-0.1, -0.05) is 11.6 Å². The maximum absolute atomic E-state index is 13.2. The number of aromatic nitrogens is 2. The third-order valence-electron chi connectivity index (χ3n) is 2.13. The first-order chi connectivity index (χ1) is 7.66. The van der Waals surface area contributed by atoms with Gasteiger partial charge in [0.1, 0.15) is 5.82 Å². The van der Waals surface area contributed by atoms with Crippen LogP contribution in [0.4, 0.5) is 15.8 Å². The molecule has 6 heteroatoms. The third-order valence-corrected chi connectivity index (χ3v) is 2.42. The van der Waals surface area contributed by atoms with Gasteiger partial charge in [0.15, 0.2) is 0 Å². The zero-order chi connectivity index (χ0) is 11.5. The number of nitrogens with two attached hydrogens (primary N) is 1. The number of benzene rings is 1. The molecule has 2 aromatic rings. The maximum Gasteiger partial charge on any atom is 0.143 e. The Hall–Kier alpha value is -1.75. The molecule has 0 radical (unpaired) electrons. The van der Waals surface area contributed by atoms with Crippen LogP contribution in [0.5, 0.6) is 0 Å². The molecular weight excluding hydrogens is 231 g/mol. The Balaban J connectivity index is 2.12. The summed E-state index contributed by atoms with van der Waals surface area (Å²) in [6.45, 7) is 0.516. The monoisotopic (exact) mass is 240 g/mol. The van der Waals surface area contributed by atoms with Crippen LogP contribution >= 0.6 is 11.6 Å². The molecule has 84 valence electrons. The zero-order valence-electron chi connectivity index (χ0n) is 8.30. The Morgan fingerprint density at radius 1 is 1.50 bits per heavy atom. The summed E-state index contributed by atoms with van der Waals surface area (Å²) in [7, 11) is 0. The van der Waals surface area contributed by atoms with E-state index in [9.17, 15) is 4.39 Å². The smallest absolute Gasteiger partial charge is 0.143 e. The van der Waals surface area contributed by atoms with Gasteiger partial charge in [-0.2, -0.15) is 5.10 Å². The van der Waals surface area contributed by atoms with Crippen LogP contribution in [-0.4, -0.2) is 10.2 Å². The number of H-pyrrole nitrogens is 1. The van der Waals surface area contributed by atoms with Gasteiger partial charge < -0.3 is 11.1 Å². The van der Waals surface area contributed by atoms with E-state index in [-0.39, 0.29) is 5.02 Å². The highest BCUT2D eigenvalue weighted by molar-refractivity contribution is 6.31. The molecule has 0 unspecified atom stereocenters. The topological polar surface area (TPSA) is 66.7 Å². The van der Waals surface area contributed by atoms with Gasteiger partial charge in [0.2, 0.25) is 0 Å². The van der Waals surface area contributed by atoms with E-state index < -0.39 is 5.82 Å². The van der Waals surface area contributed by atoms with Crippen LogP contribution in [0.2, 0.25) is 5.02 Å². The van der Waals surface area contributed by atoms with Gasteiger partial charge in [-0.05, 0) is 6.07 Å². The molecule has 0 fully saturated rings. The van der Waals surface area contributed by atoms with Crippen molar-refractivity contribution in [1.29, 1.82) is 0 Å². The number of aromatic amines is 1. The molecule has 4 nitrogen and oxygen atoms in total. The van der Waals surface area contributed by atoms with E-state index in [1.807, 2.05) is 0 Å². The number of anilines is 2. The van der Waals surface area contributed by atoms with Crippen LogP contribution in [0.15, 0.2) is 24.5 Å². The normalized spacial score (nSPS) is 10.4. The number of hydrogen-bond acceptors (Lipinski definition) is 3. The molecule has 4 N–H and O–H groups in total. The Kier molecular flexibility index (Phi) is 2.96. The summed E-state index contributed by atoms with van der Waals surface area (Å²) in [5.41, 5.74) is 7.57. The molecule has 16 heavy (non-hydrogen) atoms. The molecule has 0 atom stereocenters. The molecule has 0 aliphatic heterocycles. The van der Waals surface area contributed by atoms with Crippen LogP contribution in [0, 0.1) is 5.82 Å². The van der Waals surface area contributed by atoms with Crippen molar-refractivity contribution in [3.8, 4) is 0 Å². The predicted octanol–water partition coefficient (Wildman–Crippen LogP) is 2.40. The highest BCUT2D eigenvalue weighted by Gasteiger charge is 2.06. The fourth-order valence-electron chi connectivity index (χ4n) is 1.29. The van der Waals surface area contributed by atoms with E-state index in [1.54, 1.807) is 12.4 Å². The second-order valence-corrected chi connectivity index (χ2v) is 3.72. The van der Waals surface area contributed by atoms with Crippen LogP contribution in [0.3, 0.4) is 0 Å². The lowest BCUT2D eigenvalue weighted by molar-refractivity contribution is 0.629. The summed E-state index contributed by atoms with van der Waals surface area (Å²) >= 11 is 5.59. The van der Waals surface area contributed by atoms with E-state index in [0.717, 1.165) is 5.56 Å². The zero-order valence-corrected chi connectivity index (χ0v) is 9.05. The van der Waals surface area contributed by atoms with E-state index in [4.69, 9.17) is 17.3 Å². The lowest BCUT2D eigenvalue weighted by Crippen LogP contribution is -2.02. The minimum absolute atomic E-state index is 0.0198. The van der Waals surface area contributed by atoms with Crippen LogP contribution in [0.25, 0.3) is 0 Å². The fourth-order valence-corrected chi connectivity index (χ4v) is 1.46. The number of nitrogens with one attached hydrogen (secondary N) is 2. The second-order valence-electron chi connectivity index (χ2n) is 3.31. The number of hydrogen-bond donors (Lipinski definition) is 3. The van der Waals surface area contributed by atoms with E-state index in [1.165, 1.54) is 12.1 Å². The molecule has 2 rings (SSSR count). The molecule has 1 heterocycles. The highest BCUT2D eigenvalue weighted by atomic mass is 35.5. The molecule has 0 saturated heterocycles. The number of nitrogen functional groups attached to an aromatic ring is 1. The number of halogens is 2. The Morgan fingerprint density at radius 2 is 2.31 bits per heavy atom. The first-order valence-corrected chi connectivity index (χ1v) is 5.00. The van der Waals surface area contributed by atoms with E-state index >= 15 is 0 Å². The summed E-state index contributed by atoms with van der Waals surface area (Å²) in [5, 5.41) is 9.50. The van der Waals surface area contributed by atoms with Gasteiger partial charge in [-0.15, -0.1) is 0 Å². The van der Waals surface area contributed by atoms with Crippen molar-refractivity contribution in [3.63, 3.8) is 0 Å². The molecule has 0 amide bonds. The average molecular weight is 241 g/mol. The summed E-state index contributed by atoms with van der Waals surface area (Å²) < 4.78 is 13.2. The Bertz CT molecular complexity index is 484. The molecule has 1 aromatic carbocycles. The quantitative estimate of drug-likeness (QED) is 0.722. The van der Waals surface area contributed by atoms with Gasteiger partial charge in [-0.25, -0.2) is 4.39 Å². The van der Waals surface area contributed by atoms with Gasteiger partial charge >= 0.3 is 0 Å². The van der Waals surface area contributed by atoms with Crippen molar-refractivity contribution in [2.24, 2.45) is 0 Å². The molecule has 0 aliphatic carbocycles. The van der Waals surface area contributed by atoms with Gasteiger partial charge in [0.05, 0.1) is 22.6 Å². The highest BCUT2D eigenvalue weighted by Crippen LogP contribution is 2.26. The minimum Gasteiger partial charge on any atom is -0.397 e. The van der Waals surface area contributed by atoms with Crippen molar-refractivity contribution >= 4 is 23.0 Å². The van der Waals surface area contributed by atoms with Gasteiger partial charge in [0, 0.05) is 24.4 Å².